The van der Waals surface area contributed by atoms with Gasteiger partial charge in [-0.2, -0.15) is 8.78 Å². The first kappa shape index (κ1) is 21.1. The molecule has 2 aromatic rings. The molecule has 0 saturated carbocycles. The summed E-state index contributed by atoms with van der Waals surface area (Å²) in [6, 6.07) is 12.2. The van der Waals surface area contributed by atoms with Gasteiger partial charge in [0.05, 0.1) is 19.2 Å². The van der Waals surface area contributed by atoms with Crippen molar-refractivity contribution in [2.24, 2.45) is 0 Å². The molecule has 0 aromatic heterocycles. The smallest absolute Gasteiger partial charge is 0.387 e. The predicted octanol–water partition coefficient (Wildman–Crippen LogP) is 3.29. The van der Waals surface area contributed by atoms with Gasteiger partial charge in [0.15, 0.2) is 0 Å². The largest absolute Gasteiger partial charge is 0.494 e. The molecule has 0 heterocycles. The first-order chi connectivity index (χ1) is 13.4. The van der Waals surface area contributed by atoms with E-state index < -0.39 is 6.61 Å². The molecule has 8 heteroatoms. The summed E-state index contributed by atoms with van der Waals surface area (Å²) >= 11 is 0. The van der Waals surface area contributed by atoms with E-state index in [2.05, 4.69) is 15.4 Å². The molecule has 0 saturated heterocycles. The van der Waals surface area contributed by atoms with Gasteiger partial charge in [0.1, 0.15) is 11.5 Å². The molecule has 2 amide bonds. The van der Waals surface area contributed by atoms with E-state index in [0.29, 0.717) is 23.5 Å². The molecule has 2 rings (SSSR count). The van der Waals surface area contributed by atoms with E-state index in [1.165, 1.54) is 12.1 Å². The molecule has 0 aliphatic carbocycles. The van der Waals surface area contributed by atoms with Crippen LogP contribution in [-0.4, -0.2) is 31.6 Å². The molecule has 150 valence electrons. The molecule has 0 spiro atoms. The zero-order chi connectivity index (χ0) is 20.5. The molecule has 28 heavy (non-hydrogen) atoms. The maximum atomic E-state index is 12.2. The highest BCUT2D eigenvalue weighted by molar-refractivity contribution is 5.96. The summed E-state index contributed by atoms with van der Waals surface area (Å²) in [5.74, 6) is -0.0467. The van der Waals surface area contributed by atoms with Gasteiger partial charge < -0.3 is 20.1 Å². The van der Waals surface area contributed by atoms with Crippen LogP contribution in [0, 0.1) is 0 Å². The Bertz CT molecular complexity index is 780. The first-order valence-corrected chi connectivity index (χ1v) is 8.74. The maximum Gasteiger partial charge on any atom is 0.387 e. The van der Waals surface area contributed by atoms with Gasteiger partial charge in [-0.05, 0) is 55.8 Å². The second kappa shape index (κ2) is 10.2. The standard InChI is InChI=1S/C20H22F2N2O4/c1-3-27-16-8-6-15(7-9-16)19(26)23-12-18(25)24-13(2)14-4-10-17(11-5-14)28-20(21)22/h4-11,13,20H,3,12H2,1-2H3,(H,23,26)(H,24,25). The zero-order valence-electron chi connectivity index (χ0n) is 15.6. The van der Waals surface area contributed by atoms with E-state index in [1.807, 2.05) is 6.92 Å². The van der Waals surface area contributed by atoms with Crippen LogP contribution < -0.4 is 20.1 Å². The van der Waals surface area contributed by atoms with E-state index in [9.17, 15) is 18.4 Å². The summed E-state index contributed by atoms with van der Waals surface area (Å²) < 4.78 is 33.9. The van der Waals surface area contributed by atoms with Gasteiger partial charge in [-0.3, -0.25) is 9.59 Å². The second-order valence-corrected chi connectivity index (χ2v) is 5.88. The van der Waals surface area contributed by atoms with Crippen LogP contribution in [0.1, 0.15) is 35.8 Å². The predicted molar refractivity (Wildman–Crippen MR) is 99.6 cm³/mol. The number of hydrogen-bond donors (Lipinski definition) is 2. The van der Waals surface area contributed by atoms with Crippen molar-refractivity contribution >= 4 is 11.8 Å². The third kappa shape index (κ3) is 6.53. The average Bonchev–Trinajstić information content (AvgIpc) is 2.67. The van der Waals surface area contributed by atoms with E-state index >= 15 is 0 Å². The fourth-order valence-electron chi connectivity index (χ4n) is 2.45. The van der Waals surface area contributed by atoms with Gasteiger partial charge >= 0.3 is 6.61 Å². The molecular weight excluding hydrogens is 370 g/mol. The Hall–Kier alpha value is -3.16. The van der Waals surface area contributed by atoms with Crippen molar-refractivity contribution in [3.63, 3.8) is 0 Å². The van der Waals surface area contributed by atoms with Crippen molar-refractivity contribution in [3.05, 3.63) is 59.7 Å². The van der Waals surface area contributed by atoms with Crippen molar-refractivity contribution in [3.8, 4) is 11.5 Å². The molecule has 0 radical (unpaired) electrons. The zero-order valence-corrected chi connectivity index (χ0v) is 15.6. The van der Waals surface area contributed by atoms with Crippen LogP contribution >= 0.6 is 0 Å². The van der Waals surface area contributed by atoms with Crippen molar-refractivity contribution < 1.29 is 27.8 Å². The first-order valence-electron chi connectivity index (χ1n) is 8.74. The molecule has 6 nitrogen and oxygen atoms in total. The van der Waals surface area contributed by atoms with E-state index in [-0.39, 0.29) is 30.2 Å². The number of amides is 2. The topological polar surface area (TPSA) is 76.7 Å². The fraction of sp³-hybridized carbons (Fsp3) is 0.300. The van der Waals surface area contributed by atoms with Crippen LogP contribution in [0.5, 0.6) is 11.5 Å². The number of rotatable bonds is 9. The summed E-state index contributed by atoms with van der Waals surface area (Å²) in [4.78, 5) is 24.1. The maximum absolute atomic E-state index is 12.2. The lowest BCUT2D eigenvalue weighted by Gasteiger charge is -2.15. The molecule has 0 aliphatic heterocycles. The molecule has 2 N–H and O–H groups in total. The van der Waals surface area contributed by atoms with E-state index in [1.54, 1.807) is 43.3 Å². The summed E-state index contributed by atoms with van der Waals surface area (Å²) in [5.41, 5.74) is 1.13. The van der Waals surface area contributed by atoms with Crippen LogP contribution in [0.15, 0.2) is 48.5 Å². The summed E-state index contributed by atoms with van der Waals surface area (Å²) in [6.07, 6.45) is 0. The van der Waals surface area contributed by atoms with Crippen LogP contribution in [0.3, 0.4) is 0 Å². The van der Waals surface area contributed by atoms with Crippen LogP contribution in [-0.2, 0) is 4.79 Å². The number of hydrogen-bond acceptors (Lipinski definition) is 4. The number of carbonyl (C=O) groups is 2. The van der Waals surface area contributed by atoms with Crippen molar-refractivity contribution in [2.75, 3.05) is 13.2 Å². The number of alkyl halides is 2. The molecule has 0 bridgehead atoms. The Morgan fingerprint density at radius 3 is 2.18 bits per heavy atom. The van der Waals surface area contributed by atoms with Gasteiger partial charge in [0.25, 0.3) is 5.91 Å². The van der Waals surface area contributed by atoms with Crippen LogP contribution in [0.2, 0.25) is 0 Å². The molecule has 2 aromatic carbocycles. The number of nitrogens with one attached hydrogen (secondary N) is 2. The van der Waals surface area contributed by atoms with Crippen molar-refractivity contribution in [2.45, 2.75) is 26.5 Å². The van der Waals surface area contributed by atoms with Crippen molar-refractivity contribution in [1.29, 1.82) is 0 Å². The molecule has 1 atom stereocenters. The molecule has 0 aliphatic rings. The monoisotopic (exact) mass is 392 g/mol. The molecule has 1 unspecified atom stereocenters. The highest BCUT2D eigenvalue weighted by atomic mass is 19.3. The summed E-state index contributed by atoms with van der Waals surface area (Å²) in [7, 11) is 0. The van der Waals surface area contributed by atoms with E-state index in [0.717, 1.165) is 0 Å². The summed E-state index contributed by atoms with van der Waals surface area (Å²) in [6.45, 7) is 1.07. The van der Waals surface area contributed by atoms with Crippen LogP contribution in [0.4, 0.5) is 8.78 Å². The summed E-state index contributed by atoms with van der Waals surface area (Å²) in [5, 5.41) is 5.27. The second-order valence-electron chi connectivity index (χ2n) is 5.88. The van der Waals surface area contributed by atoms with Gasteiger partial charge in [0, 0.05) is 5.56 Å². The SMILES string of the molecule is CCOc1ccc(C(=O)NCC(=O)NC(C)c2ccc(OC(F)F)cc2)cc1. The minimum atomic E-state index is -2.89. The van der Waals surface area contributed by atoms with Gasteiger partial charge in [-0.1, -0.05) is 12.1 Å². The molecular formula is C20H22F2N2O4. The Balaban J connectivity index is 1.81. The van der Waals surface area contributed by atoms with Gasteiger partial charge in [0.2, 0.25) is 5.91 Å². The van der Waals surface area contributed by atoms with Gasteiger partial charge in [-0.15, -0.1) is 0 Å². The number of ether oxygens (including phenoxy) is 2. The normalized spacial score (nSPS) is 11.6. The minimum Gasteiger partial charge on any atom is -0.494 e. The quantitative estimate of drug-likeness (QED) is 0.687. The third-order valence-electron chi connectivity index (χ3n) is 3.82. The highest BCUT2D eigenvalue weighted by Crippen LogP contribution is 2.19. The van der Waals surface area contributed by atoms with Crippen LogP contribution in [0.25, 0.3) is 0 Å². The third-order valence-corrected chi connectivity index (χ3v) is 3.82. The average molecular weight is 392 g/mol. The lowest BCUT2D eigenvalue weighted by Crippen LogP contribution is -2.38. The Morgan fingerprint density at radius 1 is 1.00 bits per heavy atom. The van der Waals surface area contributed by atoms with Gasteiger partial charge in [-0.25, -0.2) is 0 Å². The number of halogens is 2. The Labute approximate surface area is 161 Å². The lowest BCUT2D eigenvalue weighted by molar-refractivity contribution is -0.120. The van der Waals surface area contributed by atoms with E-state index in [4.69, 9.17) is 4.74 Å². The minimum absolute atomic E-state index is 0.0416. The van der Waals surface area contributed by atoms with Crippen molar-refractivity contribution in [1.82, 2.24) is 10.6 Å². The number of benzene rings is 2. The highest BCUT2D eigenvalue weighted by Gasteiger charge is 2.12. The Morgan fingerprint density at radius 2 is 1.61 bits per heavy atom. The number of carbonyl (C=O) groups excluding carboxylic acids is 2. The Kier molecular flexibility index (Phi) is 7.74. The lowest BCUT2D eigenvalue weighted by atomic mass is 10.1. The fourth-order valence-corrected chi connectivity index (χ4v) is 2.45. The molecule has 0 fully saturated rings.